The van der Waals surface area contributed by atoms with E-state index in [0.717, 1.165) is 16.0 Å². The first-order valence-corrected chi connectivity index (χ1v) is 6.32. The summed E-state index contributed by atoms with van der Waals surface area (Å²) < 4.78 is 0. The van der Waals surface area contributed by atoms with Crippen LogP contribution in [-0.2, 0) is 4.79 Å². The molecular formula is C15H15NO3. The molecule has 3 rings (SSSR count). The number of aliphatic carboxylic acids is 1. The van der Waals surface area contributed by atoms with E-state index < -0.39 is 12.0 Å². The lowest BCUT2D eigenvalue weighted by atomic mass is 9.94. The molecule has 0 amide bonds. The monoisotopic (exact) mass is 257 g/mol. The summed E-state index contributed by atoms with van der Waals surface area (Å²) in [4.78, 5) is 11.0. The summed E-state index contributed by atoms with van der Waals surface area (Å²) in [6.45, 7) is 0.370. The third-order valence-corrected chi connectivity index (χ3v) is 3.80. The van der Waals surface area contributed by atoms with Crippen molar-refractivity contribution in [2.75, 3.05) is 6.54 Å². The van der Waals surface area contributed by atoms with Crippen LogP contribution in [-0.4, -0.2) is 33.9 Å². The maximum atomic E-state index is 11.0. The van der Waals surface area contributed by atoms with E-state index in [-0.39, 0.29) is 5.92 Å². The summed E-state index contributed by atoms with van der Waals surface area (Å²) in [5.41, 5.74) is 1.08. The average molecular weight is 257 g/mol. The zero-order valence-electron chi connectivity index (χ0n) is 10.4. The van der Waals surface area contributed by atoms with Crippen molar-refractivity contribution >= 4 is 16.7 Å². The third-order valence-electron chi connectivity index (χ3n) is 3.80. The lowest BCUT2D eigenvalue weighted by Gasteiger charge is -2.11. The van der Waals surface area contributed by atoms with Gasteiger partial charge >= 0.3 is 5.97 Å². The topological polar surface area (TPSA) is 60.8 Å². The zero-order valence-corrected chi connectivity index (χ0v) is 10.4. The van der Waals surface area contributed by atoms with Gasteiger partial charge < -0.3 is 10.3 Å². The van der Waals surface area contributed by atoms with Gasteiger partial charge in [0.1, 0.15) is 6.04 Å². The van der Waals surface area contributed by atoms with Crippen LogP contribution in [0.25, 0.3) is 10.8 Å². The van der Waals surface area contributed by atoms with E-state index in [1.54, 1.807) is 0 Å². The van der Waals surface area contributed by atoms with Crippen molar-refractivity contribution in [2.45, 2.75) is 18.4 Å². The van der Waals surface area contributed by atoms with E-state index >= 15 is 0 Å². The molecule has 2 unspecified atom stereocenters. The number of fused-ring (bicyclic) bond motifs is 1. The van der Waals surface area contributed by atoms with E-state index in [0.29, 0.717) is 13.0 Å². The van der Waals surface area contributed by atoms with Gasteiger partial charge in [-0.2, -0.15) is 5.06 Å². The van der Waals surface area contributed by atoms with Crippen molar-refractivity contribution in [1.29, 1.82) is 0 Å². The molecular weight excluding hydrogens is 242 g/mol. The first kappa shape index (κ1) is 12.1. The summed E-state index contributed by atoms with van der Waals surface area (Å²) in [6.07, 6.45) is 0.449. The molecule has 0 aromatic heterocycles. The van der Waals surface area contributed by atoms with Crippen LogP contribution in [0.3, 0.4) is 0 Å². The van der Waals surface area contributed by atoms with Crippen LogP contribution in [0, 0.1) is 0 Å². The van der Waals surface area contributed by atoms with Crippen LogP contribution in [0.2, 0.25) is 0 Å². The van der Waals surface area contributed by atoms with Crippen LogP contribution >= 0.6 is 0 Å². The SMILES string of the molecule is O=C(O)C1CC(c2ccc3ccccc3c2)CN1O. The lowest BCUT2D eigenvalue weighted by molar-refractivity contribution is -0.161. The van der Waals surface area contributed by atoms with Crippen LogP contribution in [0.4, 0.5) is 0 Å². The second-order valence-electron chi connectivity index (χ2n) is 5.02. The molecule has 2 aromatic rings. The predicted molar refractivity (Wildman–Crippen MR) is 71.2 cm³/mol. The van der Waals surface area contributed by atoms with E-state index in [9.17, 15) is 10.0 Å². The van der Waals surface area contributed by atoms with Gasteiger partial charge in [0.2, 0.25) is 0 Å². The Morgan fingerprint density at radius 1 is 1.16 bits per heavy atom. The van der Waals surface area contributed by atoms with E-state index in [4.69, 9.17) is 5.11 Å². The first-order chi connectivity index (χ1) is 9.15. The third kappa shape index (κ3) is 2.20. The fraction of sp³-hybridized carbons (Fsp3) is 0.267. The molecule has 0 aliphatic carbocycles. The molecule has 2 aromatic carbocycles. The van der Waals surface area contributed by atoms with Gasteiger partial charge in [0.25, 0.3) is 0 Å². The molecule has 2 atom stereocenters. The lowest BCUT2D eigenvalue weighted by Crippen LogP contribution is -2.32. The fourth-order valence-corrected chi connectivity index (χ4v) is 2.75. The highest BCUT2D eigenvalue weighted by Crippen LogP contribution is 2.32. The minimum Gasteiger partial charge on any atom is -0.480 e. The number of hydrogen-bond donors (Lipinski definition) is 2. The number of nitrogens with zero attached hydrogens (tertiary/aromatic N) is 1. The number of hydrogen-bond acceptors (Lipinski definition) is 3. The Labute approximate surface area is 110 Å². The molecule has 0 saturated carbocycles. The van der Waals surface area contributed by atoms with Crippen LogP contribution < -0.4 is 0 Å². The molecule has 1 saturated heterocycles. The molecule has 0 spiro atoms. The minimum atomic E-state index is -0.967. The molecule has 2 N–H and O–H groups in total. The van der Waals surface area contributed by atoms with Gasteiger partial charge in [0, 0.05) is 12.5 Å². The normalized spacial score (nSPS) is 23.8. The summed E-state index contributed by atoms with van der Waals surface area (Å²) in [6, 6.07) is 13.4. The smallest absolute Gasteiger partial charge is 0.323 e. The van der Waals surface area contributed by atoms with E-state index in [2.05, 4.69) is 6.07 Å². The van der Waals surface area contributed by atoms with Crippen molar-refractivity contribution in [3.63, 3.8) is 0 Å². The largest absolute Gasteiger partial charge is 0.480 e. The van der Waals surface area contributed by atoms with Crippen molar-refractivity contribution in [2.24, 2.45) is 0 Å². The molecule has 4 nitrogen and oxygen atoms in total. The zero-order chi connectivity index (χ0) is 13.4. The Hall–Kier alpha value is -1.91. The van der Waals surface area contributed by atoms with Gasteiger partial charge in [0.05, 0.1) is 0 Å². The summed E-state index contributed by atoms with van der Waals surface area (Å²) in [5, 5.41) is 21.9. The molecule has 1 aliphatic rings. The summed E-state index contributed by atoms with van der Waals surface area (Å²) in [5.74, 6) is -0.901. The minimum absolute atomic E-state index is 0.0655. The quantitative estimate of drug-likeness (QED) is 0.867. The maximum Gasteiger partial charge on any atom is 0.323 e. The Balaban J connectivity index is 1.91. The molecule has 0 bridgehead atoms. The number of carboxylic acid groups (broad SMARTS) is 1. The van der Waals surface area contributed by atoms with Crippen LogP contribution in [0.5, 0.6) is 0 Å². The van der Waals surface area contributed by atoms with Gasteiger partial charge in [0.15, 0.2) is 0 Å². The van der Waals surface area contributed by atoms with E-state index in [1.807, 2.05) is 36.4 Å². The van der Waals surface area contributed by atoms with E-state index in [1.165, 1.54) is 5.39 Å². The van der Waals surface area contributed by atoms with Gasteiger partial charge in [-0.3, -0.25) is 4.79 Å². The predicted octanol–water partition coefficient (Wildman–Crippen LogP) is 2.47. The second kappa shape index (κ2) is 4.64. The molecule has 19 heavy (non-hydrogen) atoms. The van der Waals surface area contributed by atoms with Gasteiger partial charge in [-0.25, -0.2) is 0 Å². The summed E-state index contributed by atoms with van der Waals surface area (Å²) >= 11 is 0. The Morgan fingerprint density at radius 2 is 1.89 bits per heavy atom. The van der Waals surface area contributed by atoms with Crippen molar-refractivity contribution < 1.29 is 15.1 Å². The highest BCUT2D eigenvalue weighted by molar-refractivity contribution is 5.83. The van der Waals surface area contributed by atoms with Crippen molar-refractivity contribution in [1.82, 2.24) is 5.06 Å². The standard InChI is InChI=1S/C15H15NO3/c17-15(18)14-8-13(9-16(14)19)12-6-5-10-3-1-2-4-11(10)7-12/h1-7,13-14,19H,8-9H2,(H,17,18). The van der Waals surface area contributed by atoms with Crippen LogP contribution in [0.15, 0.2) is 42.5 Å². The number of hydroxylamine groups is 2. The Kier molecular flexibility index (Phi) is 2.97. The van der Waals surface area contributed by atoms with Gasteiger partial charge in [-0.05, 0) is 22.8 Å². The summed E-state index contributed by atoms with van der Waals surface area (Å²) in [7, 11) is 0. The average Bonchev–Trinajstić information content (AvgIpc) is 2.80. The molecule has 0 radical (unpaired) electrons. The second-order valence-corrected chi connectivity index (χ2v) is 5.02. The van der Waals surface area contributed by atoms with Gasteiger partial charge in [-0.15, -0.1) is 0 Å². The van der Waals surface area contributed by atoms with Crippen molar-refractivity contribution in [3.8, 4) is 0 Å². The molecule has 4 heteroatoms. The molecule has 1 heterocycles. The van der Waals surface area contributed by atoms with Crippen LogP contribution in [0.1, 0.15) is 17.9 Å². The number of carboxylic acids is 1. The highest BCUT2D eigenvalue weighted by Gasteiger charge is 2.36. The van der Waals surface area contributed by atoms with Gasteiger partial charge in [-0.1, -0.05) is 42.5 Å². The fourth-order valence-electron chi connectivity index (χ4n) is 2.75. The maximum absolute atomic E-state index is 11.0. The Bertz CT molecular complexity index is 626. The molecule has 1 aliphatic heterocycles. The number of rotatable bonds is 2. The molecule has 1 fully saturated rings. The first-order valence-electron chi connectivity index (χ1n) is 6.32. The number of benzene rings is 2. The van der Waals surface area contributed by atoms with Crippen molar-refractivity contribution in [3.05, 3.63) is 48.0 Å². The highest BCUT2D eigenvalue weighted by atomic mass is 16.5. The number of carbonyl (C=O) groups is 1. The molecule has 98 valence electrons. The Morgan fingerprint density at radius 3 is 2.58 bits per heavy atom.